The lowest BCUT2D eigenvalue weighted by molar-refractivity contribution is 0.104. The summed E-state index contributed by atoms with van der Waals surface area (Å²) in [6, 6.07) is 7.05. The van der Waals surface area contributed by atoms with Gasteiger partial charge in [-0.1, -0.05) is 24.3 Å². The Hall–Kier alpha value is -2.34. The molecule has 1 aromatic heterocycles. The number of thioether (sulfide) groups is 1. The summed E-state index contributed by atoms with van der Waals surface area (Å²) in [4.78, 5) is 23.7. The molecule has 0 bridgehead atoms. The van der Waals surface area contributed by atoms with Gasteiger partial charge in [-0.25, -0.2) is 4.98 Å². The molecule has 1 aliphatic rings. The van der Waals surface area contributed by atoms with Crippen LogP contribution in [0.15, 0.2) is 41.2 Å². The second-order valence-corrected chi connectivity index (χ2v) is 6.30. The predicted molar refractivity (Wildman–Crippen MR) is 93.2 cm³/mol. The molecule has 5 nitrogen and oxygen atoms in total. The summed E-state index contributed by atoms with van der Waals surface area (Å²) >= 11 is 1.74. The maximum atomic E-state index is 12.2. The van der Waals surface area contributed by atoms with Gasteiger partial charge in [0, 0.05) is 41.1 Å². The number of allylic oxidation sites excluding steroid dienone is 1. The van der Waals surface area contributed by atoms with Crippen LogP contribution in [0.25, 0.3) is 5.76 Å². The van der Waals surface area contributed by atoms with Gasteiger partial charge in [-0.05, 0) is 6.92 Å². The number of Topliss-reactive ketones (excluding diaryl/α,β-unsaturated/α-hetero) is 1. The Morgan fingerprint density at radius 3 is 2.83 bits per heavy atom. The fourth-order valence-corrected chi connectivity index (χ4v) is 3.24. The number of rotatable bonds is 6. The van der Waals surface area contributed by atoms with E-state index in [4.69, 9.17) is 0 Å². The number of aliphatic hydroxyl groups is 1. The number of carbonyl (C=O) groups excluding carboxylic acids is 1. The molecule has 1 heterocycles. The van der Waals surface area contributed by atoms with Gasteiger partial charge >= 0.3 is 0 Å². The standard InChI is InChI=1S/C17H17N3O2S/c1-11-15(20-10-19-11)9-23-7-6-18-8-14-16(21)12-4-2-3-5-13(12)17(14)22/h2-5,8,10,21H,6-7,9H2,1H3,(H,19,20). The molecule has 0 aliphatic heterocycles. The maximum Gasteiger partial charge on any atom is 0.199 e. The fraction of sp³-hybridized carbons (Fsp3) is 0.235. The first-order valence-electron chi connectivity index (χ1n) is 7.32. The number of nitrogens with zero attached hydrogens (tertiary/aromatic N) is 2. The minimum atomic E-state index is -0.165. The van der Waals surface area contributed by atoms with Crippen LogP contribution in [-0.2, 0) is 5.75 Å². The SMILES string of the molecule is Cc1[nH]cnc1CSCCN=CC1=C(O)c2ccccc2C1=O. The van der Waals surface area contributed by atoms with Crippen LogP contribution in [-0.4, -0.2) is 39.4 Å². The third kappa shape index (κ3) is 3.22. The maximum absolute atomic E-state index is 12.2. The molecule has 1 aromatic carbocycles. The monoisotopic (exact) mass is 327 g/mol. The molecule has 2 aromatic rings. The minimum Gasteiger partial charge on any atom is -0.506 e. The number of hydrogen-bond donors (Lipinski definition) is 2. The zero-order chi connectivity index (χ0) is 16.2. The Labute approximate surface area is 138 Å². The highest BCUT2D eigenvalue weighted by Gasteiger charge is 2.27. The van der Waals surface area contributed by atoms with E-state index in [1.165, 1.54) is 6.21 Å². The van der Waals surface area contributed by atoms with Gasteiger partial charge in [0.1, 0.15) is 5.76 Å². The van der Waals surface area contributed by atoms with Crippen molar-refractivity contribution in [3.05, 3.63) is 58.7 Å². The normalized spacial score (nSPS) is 14.0. The van der Waals surface area contributed by atoms with Crippen molar-refractivity contribution < 1.29 is 9.90 Å². The molecule has 2 N–H and O–H groups in total. The Kier molecular flexibility index (Phi) is 4.62. The van der Waals surface area contributed by atoms with Crippen LogP contribution in [0.5, 0.6) is 0 Å². The summed E-state index contributed by atoms with van der Waals surface area (Å²) in [5.41, 5.74) is 3.54. The Morgan fingerprint density at radius 2 is 2.13 bits per heavy atom. The number of H-pyrrole nitrogens is 1. The second kappa shape index (κ2) is 6.83. The molecule has 0 saturated heterocycles. The van der Waals surface area contributed by atoms with E-state index in [-0.39, 0.29) is 17.1 Å². The van der Waals surface area contributed by atoms with Gasteiger partial charge < -0.3 is 10.1 Å². The van der Waals surface area contributed by atoms with Crippen LogP contribution < -0.4 is 0 Å². The lowest BCUT2D eigenvalue weighted by atomic mass is 10.1. The van der Waals surface area contributed by atoms with Crippen molar-refractivity contribution in [1.82, 2.24) is 9.97 Å². The molecule has 3 rings (SSSR count). The van der Waals surface area contributed by atoms with Gasteiger partial charge in [-0.2, -0.15) is 11.8 Å². The van der Waals surface area contributed by atoms with Gasteiger partial charge in [0.05, 0.1) is 17.6 Å². The highest BCUT2D eigenvalue weighted by Crippen LogP contribution is 2.29. The van der Waals surface area contributed by atoms with Crippen LogP contribution in [0, 0.1) is 6.92 Å². The van der Waals surface area contributed by atoms with Crippen LogP contribution in [0.2, 0.25) is 0 Å². The minimum absolute atomic E-state index is 0.0224. The van der Waals surface area contributed by atoms with Gasteiger partial charge in [0.15, 0.2) is 5.78 Å². The smallest absolute Gasteiger partial charge is 0.199 e. The van der Waals surface area contributed by atoms with Crippen LogP contribution in [0.4, 0.5) is 0 Å². The van der Waals surface area contributed by atoms with E-state index in [1.807, 2.05) is 6.92 Å². The van der Waals surface area contributed by atoms with Crippen molar-refractivity contribution in [2.75, 3.05) is 12.3 Å². The van der Waals surface area contributed by atoms with Crippen molar-refractivity contribution >= 4 is 29.5 Å². The van der Waals surface area contributed by atoms with Gasteiger partial charge in [-0.15, -0.1) is 0 Å². The fourth-order valence-electron chi connectivity index (χ4n) is 2.38. The molecule has 1 aliphatic carbocycles. The first kappa shape index (κ1) is 15.6. The molecule has 0 atom stereocenters. The average molecular weight is 327 g/mol. The summed E-state index contributed by atoms with van der Waals surface area (Å²) in [6.45, 7) is 2.59. The molecule has 0 fully saturated rings. The van der Waals surface area contributed by atoms with Crippen molar-refractivity contribution in [3.8, 4) is 0 Å². The van der Waals surface area contributed by atoms with E-state index in [9.17, 15) is 9.90 Å². The molecular formula is C17H17N3O2S. The van der Waals surface area contributed by atoms with Crippen molar-refractivity contribution in [3.63, 3.8) is 0 Å². The van der Waals surface area contributed by atoms with Crippen molar-refractivity contribution in [2.24, 2.45) is 4.99 Å². The third-order valence-electron chi connectivity index (χ3n) is 3.68. The molecule has 0 unspecified atom stereocenters. The molecule has 118 valence electrons. The highest BCUT2D eigenvalue weighted by molar-refractivity contribution is 7.98. The van der Waals surface area contributed by atoms with E-state index in [2.05, 4.69) is 15.0 Å². The second-order valence-electron chi connectivity index (χ2n) is 5.20. The lowest BCUT2D eigenvalue weighted by Crippen LogP contribution is -2.00. The Bertz CT molecular complexity index is 793. The molecule has 0 radical (unpaired) electrons. The van der Waals surface area contributed by atoms with Gasteiger partial charge in [0.2, 0.25) is 0 Å². The molecule has 0 spiro atoms. The third-order valence-corrected chi connectivity index (χ3v) is 4.63. The Balaban J connectivity index is 1.52. The van der Waals surface area contributed by atoms with E-state index in [1.54, 1.807) is 42.4 Å². The molecular weight excluding hydrogens is 310 g/mol. The summed E-state index contributed by atoms with van der Waals surface area (Å²) < 4.78 is 0. The summed E-state index contributed by atoms with van der Waals surface area (Å²) in [7, 11) is 0. The Morgan fingerprint density at radius 1 is 1.35 bits per heavy atom. The molecule has 6 heteroatoms. The van der Waals surface area contributed by atoms with Gasteiger partial charge in [-0.3, -0.25) is 9.79 Å². The number of aromatic nitrogens is 2. The van der Waals surface area contributed by atoms with Gasteiger partial charge in [0.25, 0.3) is 0 Å². The number of benzene rings is 1. The molecule has 23 heavy (non-hydrogen) atoms. The predicted octanol–water partition coefficient (Wildman–Crippen LogP) is 3.19. The number of aliphatic hydroxyl groups excluding tert-OH is 1. The van der Waals surface area contributed by atoms with Crippen LogP contribution in [0.3, 0.4) is 0 Å². The van der Waals surface area contributed by atoms with E-state index in [0.717, 1.165) is 22.9 Å². The zero-order valence-corrected chi connectivity index (χ0v) is 13.6. The number of aliphatic imine (C=N–C) groups is 1. The number of carbonyl (C=O) groups is 1. The van der Waals surface area contributed by atoms with Crippen LogP contribution >= 0.6 is 11.8 Å². The van der Waals surface area contributed by atoms with E-state index >= 15 is 0 Å². The largest absolute Gasteiger partial charge is 0.506 e. The van der Waals surface area contributed by atoms with Crippen molar-refractivity contribution in [2.45, 2.75) is 12.7 Å². The zero-order valence-electron chi connectivity index (χ0n) is 12.7. The quantitative estimate of drug-likeness (QED) is 0.631. The molecule has 0 amide bonds. The van der Waals surface area contributed by atoms with E-state index in [0.29, 0.717) is 17.7 Å². The number of aromatic amines is 1. The highest BCUT2D eigenvalue weighted by atomic mass is 32.2. The summed E-state index contributed by atoms with van der Waals surface area (Å²) in [5, 5.41) is 10.1. The molecule has 0 saturated carbocycles. The van der Waals surface area contributed by atoms with Crippen molar-refractivity contribution in [1.29, 1.82) is 0 Å². The number of nitrogens with one attached hydrogen (secondary N) is 1. The average Bonchev–Trinajstić information content (AvgIpc) is 3.07. The first-order valence-corrected chi connectivity index (χ1v) is 8.47. The summed E-state index contributed by atoms with van der Waals surface area (Å²) in [6.07, 6.45) is 3.18. The summed E-state index contributed by atoms with van der Waals surface area (Å²) in [5.74, 6) is 1.53. The lowest BCUT2D eigenvalue weighted by Gasteiger charge is -1.98. The topological polar surface area (TPSA) is 78.3 Å². The van der Waals surface area contributed by atoms with E-state index < -0.39 is 0 Å². The number of hydrogen-bond acceptors (Lipinski definition) is 5. The number of ketones is 1. The number of fused-ring (bicyclic) bond motifs is 1. The van der Waals surface area contributed by atoms with Crippen LogP contribution in [0.1, 0.15) is 27.3 Å². The number of aryl methyl sites for hydroxylation is 1. The number of imidazole rings is 1. The first-order chi connectivity index (χ1) is 11.2.